The van der Waals surface area contributed by atoms with E-state index < -0.39 is 0 Å². The molecule has 47 heavy (non-hydrogen) atoms. The Hall–Kier alpha value is -4.67. The standard InChI is InChI=1S/C39H26N6Se.Pt/c1-23-14-16-29-28-17-15-26(20-31(28)38-42-43-39(45(38)33(29)19-23)36-24(2)9-8-10-25(36)3)46-27-21-34-37(41-22-27)30-11-4-5-12-32(30)44(34)35-13-6-7-18-40-35;/h4-19,22H,1-3H3;/q-2;+2. The average molecular weight is 853 g/mol. The SMILES string of the molecule is Cc1ccc2c3ccc([Se]c4[c-]c5c(nc4)c4ccccc4n5-c4ccccn4)[c-]c3c3nnc(-c4c(C)cccc4C)n3c2c1.[Pt+2]. The van der Waals surface area contributed by atoms with Crippen LogP contribution in [0.2, 0.25) is 0 Å². The van der Waals surface area contributed by atoms with E-state index in [1.54, 1.807) is 0 Å². The summed E-state index contributed by atoms with van der Waals surface area (Å²) in [5.74, 6) is 1.71. The molecule has 228 valence electrons. The molecule has 0 saturated carbocycles. The minimum Gasteiger partial charge on any atom is 2.00 e. The smallest absolute Gasteiger partial charge is 2.00 e. The first-order chi connectivity index (χ1) is 22.5. The summed E-state index contributed by atoms with van der Waals surface area (Å²) in [6.07, 6.45) is 3.79. The van der Waals surface area contributed by atoms with Crippen molar-refractivity contribution in [1.29, 1.82) is 0 Å². The Morgan fingerprint density at radius 3 is 2.32 bits per heavy atom. The molecule has 0 saturated heterocycles. The first-order valence-corrected chi connectivity index (χ1v) is 16.9. The second kappa shape index (κ2) is 11.5. The Balaban J connectivity index is 0.00000324. The molecule has 5 heterocycles. The molecule has 0 aliphatic rings. The number of aryl methyl sites for hydroxylation is 3. The number of fused-ring (bicyclic) bond motifs is 9. The van der Waals surface area contributed by atoms with Gasteiger partial charge in [0.2, 0.25) is 0 Å². The zero-order chi connectivity index (χ0) is 30.9. The number of pyridine rings is 3. The minimum atomic E-state index is -0.102. The molecule has 9 aromatic rings. The third-order valence-corrected chi connectivity index (χ3v) is 10.6. The van der Waals surface area contributed by atoms with Crippen LogP contribution in [0.3, 0.4) is 0 Å². The maximum absolute atomic E-state index is 4.96. The average Bonchev–Trinajstić information content (AvgIpc) is 3.65. The van der Waals surface area contributed by atoms with Crippen LogP contribution in [0.5, 0.6) is 0 Å². The van der Waals surface area contributed by atoms with Gasteiger partial charge in [-0.05, 0) is 0 Å². The van der Waals surface area contributed by atoms with Gasteiger partial charge in [0.25, 0.3) is 0 Å². The molecule has 0 bridgehead atoms. The molecule has 0 aliphatic carbocycles. The molecule has 9 rings (SSSR count). The quantitative estimate of drug-likeness (QED) is 0.112. The first kappa shape index (κ1) is 29.7. The number of nitrogens with zero attached hydrogens (tertiary/aromatic N) is 6. The molecule has 5 aromatic heterocycles. The molecule has 0 N–H and O–H groups in total. The van der Waals surface area contributed by atoms with Gasteiger partial charge in [-0.2, -0.15) is 0 Å². The Bertz CT molecular complexity index is 2640. The predicted octanol–water partition coefficient (Wildman–Crippen LogP) is 6.77. The maximum atomic E-state index is 4.96. The molecule has 0 fully saturated rings. The number of hydrogen-bond donors (Lipinski definition) is 0. The van der Waals surface area contributed by atoms with E-state index in [2.05, 4.69) is 120 Å². The summed E-state index contributed by atoms with van der Waals surface area (Å²) in [6.45, 7) is 6.41. The molecule has 0 atom stereocenters. The van der Waals surface area contributed by atoms with Gasteiger partial charge in [0.1, 0.15) is 0 Å². The normalized spacial score (nSPS) is 11.6. The van der Waals surface area contributed by atoms with Crippen LogP contribution in [0.15, 0.2) is 103 Å². The second-order valence-corrected chi connectivity index (χ2v) is 13.9. The summed E-state index contributed by atoms with van der Waals surface area (Å²) >= 11 is -0.102. The number of hydrogen-bond acceptors (Lipinski definition) is 4. The molecular weight excluding hydrogens is 827 g/mol. The largest absolute Gasteiger partial charge is 2.00 e. The fraction of sp³-hybridized carbons (Fsp3) is 0.0769. The molecule has 0 spiro atoms. The second-order valence-electron chi connectivity index (χ2n) is 11.7. The van der Waals surface area contributed by atoms with Gasteiger partial charge < -0.3 is 0 Å². The van der Waals surface area contributed by atoms with Crippen molar-refractivity contribution in [2.24, 2.45) is 0 Å². The third kappa shape index (κ3) is 4.72. The molecular formula is C39H26N6PtSe. The monoisotopic (exact) mass is 853 g/mol. The topological polar surface area (TPSA) is 60.9 Å². The van der Waals surface area contributed by atoms with Gasteiger partial charge in [-0.1, -0.05) is 0 Å². The van der Waals surface area contributed by atoms with Crippen LogP contribution in [0.25, 0.3) is 66.5 Å². The van der Waals surface area contributed by atoms with Crippen LogP contribution < -0.4 is 8.92 Å². The van der Waals surface area contributed by atoms with Crippen molar-refractivity contribution in [2.75, 3.05) is 0 Å². The zero-order valence-electron chi connectivity index (χ0n) is 25.7. The van der Waals surface area contributed by atoms with E-state index in [1.807, 2.05) is 30.6 Å². The minimum absolute atomic E-state index is 0. The molecule has 0 aliphatic heterocycles. The van der Waals surface area contributed by atoms with Crippen LogP contribution in [0, 0.1) is 32.9 Å². The van der Waals surface area contributed by atoms with Gasteiger partial charge in [0.15, 0.2) is 0 Å². The van der Waals surface area contributed by atoms with Crippen molar-refractivity contribution in [3.8, 4) is 17.2 Å². The number of rotatable bonds is 4. The third-order valence-electron chi connectivity index (χ3n) is 8.69. The molecule has 0 amide bonds. The fourth-order valence-electron chi connectivity index (χ4n) is 6.63. The Labute approximate surface area is 291 Å². The summed E-state index contributed by atoms with van der Waals surface area (Å²) < 4.78 is 6.52. The Morgan fingerprint density at radius 1 is 0.681 bits per heavy atom. The summed E-state index contributed by atoms with van der Waals surface area (Å²) in [7, 11) is 0. The van der Waals surface area contributed by atoms with Gasteiger partial charge in [0.05, 0.1) is 0 Å². The Morgan fingerprint density at radius 2 is 1.49 bits per heavy atom. The van der Waals surface area contributed by atoms with Crippen LogP contribution in [0.1, 0.15) is 16.7 Å². The fourth-order valence-corrected chi connectivity index (χ4v) is 8.26. The molecule has 0 unspecified atom stereocenters. The van der Waals surface area contributed by atoms with E-state index in [-0.39, 0.29) is 36.0 Å². The summed E-state index contributed by atoms with van der Waals surface area (Å²) in [4.78, 5) is 9.62. The zero-order valence-corrected chi connectivity index (χ0v) is 29.7. The maximum Gasteiger partial charge on any atom is 2.00 e. The van der Waals surface area contributed by atoms with E-state index in [0.717, 1.165) is 75.4 Å². The summed E-state index contributed by atoms with van der Waals surface area (Å²) in [5, 5.41) is 13.9. The van der Waals surface area contributed by atoms with Gasteiger partial charge in [-0.25, -0.2) is 0 Å². The van der Waals surface area contributed by atoms with E-state index in [1.165, 1.54) is 16.7 Å². The van der Waals surface area contributed by atoms with E-state index in [9.17, 15) is 0 Å². The van der Waals surface area contributed by atoms with Crippen molar-refractivity contribution in [2.45, 2.75) is 20.8 Å². The van der Waals surface area contributed by atoms with Crippen LogP contribution in [-0.4, -0.2) is 44.1 Å². The van der Waals surface area contributed by atoms with Gasteiger partial charge in [-0.15, -0.1) is 0 Å². The van der Waals surface area contributed by atoms with Crippen molar-refractivity contribution >= 4 is 73.1 Å². The van der Waals surface area contributed by atoms with Crippen molar-refractivity contribution in [3.63, 3.8) is 0 Å². The van der Waals surface area contributed by atoms with Crippen LogP contribution >= 0.6 is 0 Å². The van der Waals surface area contributed by atoms with E-state index >= 15 is 0 Å². The van der Waals surface area contributed by atoms with Gasteiger partial charge in [0, 0.05) is 0 Å². The van der Waals surface area contributed by atoms with Gasteiger partial charge >= 0.3 is 294 Å². The van der Waals surface area contributed by atoms with Gasteiger partial charge in [-0.3, -0.25) is 0 Å². The molecule has 4 aromatic carbocycles. The molecule has 0 radical (unpaired) electrons. The van der Waals surface area contributed by atoms with Crippen molar-refractivity contribution in [3.05, 3.63) is 132 Å². The Kier molecular flexibility index (Phi) is 7.29. The summed E-state index contributed by atoms with van der Waals surface area (Å²) in [6, 6.07) is 39.2. The van der Waals surface area contributed by atoms with Crippen LogP contribution in [-0.2, 0) is 21.1 Å². The summed E-state index contributed by atoms with van der Waals surface area (Å²) in [5.41, 5.74) is 9.51. The van der Waals surface area contributed by atoms with Crippen molar-refractivity contribution in [1.82, 2.24) is 29.1 Å². The predicted molar refractivity (Wildman–Crippen MR) is 187 cm³/mol. The van der Waals surface area contributed by atoms with Crippen molar-refractivity contribution < 1.29 is 21.1 Å². The number of benzene rings is 4. The molecule has 8 heteroatoms. The number of para-hydroxylation sites is 1. The van der Waals surface area contributed by atoms with Crippen LogP contribution in [0.4, 0.5) is 0 Å². The van der Waals surface area contributed by atoms with E-state index in [4.69, 9.17) is 15.2 Å². The number of aromatic nitrogens is 6. The first-order valence-electron chi connectivity index (χ1n) is 15.2. The molecule has 6 nitrogen and oxygen atoms in total. The van der Waals surface area contributed by atoms with E-state index in [0.29, 0.717) is 0 Å².